The van der Waals surface area contributed by atoms with Crippen molar-refractivity contribution in [1.82, 2.24) is 4.90 Å². The Kier molecular flexibility index (Phi) is 6.19. The molecule has 1 fully saturated rings. The van der Waals surface area contributed by atoms with Gasteiger partial charge < -0.3 is 9.64 Å². The molecule has 166 valence electrons. The Morgan fingerprint density at radius 3 is 2.25 bits per heavy atom. The summed E-state index contributed by atoms with van der Waals surface area (Å²) in [6.45, 7) is 0.673. The van der Waals surface area contributed by atoms with Gasteiger partial charge in [-0.1, -0.05) is 30.3 Å². The van der Waals surface area contributed by atoms with Crippen molar-refractivity contribution in [2.45, 2.75) is 23.8 Å². The highest BCUT2D eigenvalue weighted by atomic mass is 32.2. The number of methoxy groups -OCH3 is 1. The normalized spacial score (nSPS) is 16.1. The first-order valence-corrected chi connectivity index (χ1v) is 11.9. The predicted octanol–water partition coefficient (Wildman–Crippen LogP) is 4.50. The van der Waals surface area contributed by atoms with Crippen LogP contribution in [-0.2, 0) is 10.0 Å². The fourth-order valence-electron chi connectivity index (χ4n) is 4.05. The van der Waals surface area contributed by atoms with Crippen LogP contribution in [0, 0.1) is 0 Å². The SMILES string of the molecule is COc1ccc(C2CCCN2C(=O)c2ccc(S(=O)(=O)N(C)c3ccccc3)cc2)cc1. The smallest absolute Gasteiger partial charge is 0.264 e. The number of sulfonamides is 1. The second kappa shape index (κ2) is 9.04. The second-order valence-corrected chi connectivity index (χ2v) is 9.73. The van der Waals surface area contributed by atoms with Gasteiger partial charge in [0.05, 0.1) is 23.7 Å². The number of hydrogen-bond donors (Lipinski definition) is 0. The zero-order chi connectivity index (χ0) is 22.7. The van der Waals surface area contributed by atoms with Gasteiger partial charge in [-0.2, -0.15) is 0 Å². The van der Waals surface area contributed by atoms with Crippen LogP contribution in [0.4, 0.5) is 5.69 Å². The molecule has 1 saturated heterocycles. The van der Waals surface area contributed by atoms with Gasteiger partial charge in [-0.3, -0.25) is 9.10 Å². The molecule has 1 aliphatic rings. The van der Waals surface area contributed by atoms with E-state index in [0.29, 0.717) is 17.8 Å². The minimum atomic E-state index is -3.72. The topological polar surface area (TPSA) is 66.9 Å². The molecule has 1 unspecified atom stereocenters. The zero-order valence-electron chi connectivity index (χ0n) is 18.1. The van der Waals surface area contributed by atoms with Crippen LogP contribution in [-0.4, -0.2) is 39.9 Å². The fourth-order valence-corrected chi connectivity index (χ4v) is 5.25. The summed E-state index contributed by atoms with van der Waals surface area (Å²) >= 11 is 0. The Morgan fingerprint density at radius 2 is 1.62 bits per heavy atom. The number of anilines is 1. The number of benzene rings is 3. The average molecular weight is 451 g/mol. The van der Waals surface area contributed by atoms with Gasteiger partial charge in [0.15, 0.2) is 0 Å². The Morgan fingerprint density at radius 1 is 0.969 bits per heavy atom. The van der Waals surface area contributed by atoms with E-state index >= 15 is 0 Å². The summed E-state index contributed by atoms with van der Waals surface area (Å²) in [5.41, 5.74) is 2.12. The summed E-state index contributed by atoms with van der Waals surface area (Å²) < 4.78 is 32.4. The summed E-state index contributed by atoms with van der Waals surface area (Å²) in [6, 6.07) is 22.9. The van der Waals surface area contributed by atoms with Crippen molar-refractivity contribution in [3.05, 3.63) is 90.0 Å². The number of rotatable bonds is 6. The van der Waals surface area contributed by atoms with E-state index in [1.165, 1.54) is 23.5 Å². The van der Waals surface area contributed by atoms with Crippen LogP contribution in [0.25, 0.3) is 0 Å². The molecule has 0 spiro atoms. The lowest BCUT2D eigenvalue weighted by Crippen LogP contribution is -2.30. The van der Waals surface area contributed by atoms with Crippen molar-refractivity contribution in [2.75, 3.05) is 25.0 Å². The molecule has 0 aromatic heterocycles. The van der Waals surface area contributed by atoms with Gasteiger partial charge in [-0.25, -0.2) is 8.42 Å². The van der Waals surface area contributed by atoms with Crippen LogP contribution >= 0.6 is 0 Å². The Bertz CT molecular complexity index is 1180. The van der Waals surface area contributed by atoms with Crippen molar-refractivity contribution in [3.63, 3.8) is 0 Å². The summed E-state index contributed by atoms with van der Waals surface area (Å²) in [4.78, 5) is 15.2. The molecule has 1 amide bonds. The molecule has 0 aliphatic carbocycles. The van der Waals surface area contributed by atoms with Gasteiger partial charge in [-0.05, 0) is 66.9 Å². The van der Waals surface area contributed by atoms with Crippen molar-refractivity contribution in [2.24, 2.45) is 0 Å². The van der Waals surface area contributed by atoms with Gasteiger partial charge in [0.2, 0.25) is 0 Å². The number of nitrogens with zero attached hydrogens (tertiary/aromatic N) is 2. The van der Waals surface area contributed by atoms with Crippen molar-refractivity contribution in [1.29, 1.82) is 0 Å². The van der Waals surface area contributed by atoms with Crippen molar-refractivity contribution in [3.8, 4) is 5.75 Å². The van der Waals surface area contributed by atoms with Crippen molar-refractivity contribution < 1.29 is 17.9 Å². The highest BCUT2D eigenvalue weighted by Gasteiger charge is 2.31. The summed E-state index contributed by atoms with van der Waals surface area (Å²) in [6.07, 6.45) is 1.82. The third kappa shape index (κ3) is 4.21. The number of hydrogen-bond acceptors (Lipinski definition) is 4. The zero-order valence-corrected chi connectivity index (χ0v) is 19.0. The molecule has 3 aromatic rings. The first kappa shape index (κ1) is 21.9. The second-order valence-electron chi connectivity index (χ2n) is 7.76. The van der Waals surface area contributed by atoms with Crippen LogP contribution in [0.1, 0.15) is 34.8 Å². The van der Waals surface area contributed by atoms with Gasteiger partial charge >= 0.3 is 0 Å². The third-order valence-electron chi connectivity index (χ3n) is 5.89. The molecule has 0 bridgehead atoms. The molecule has 3 aromatic carbocycles. The standard InChI is InChI=1S/C25H26N2O4S/c1-26(21-7-4-3-5-8-21)32(29,30)23-16-12-20(13-17-23)25(28)27-18-6-9-24(27)19-10-14-22(31-2)15-11-19/h3-5,7-8,10-17,24H,6,9,18H2,1-2H3. The summed E-state index contributed by atoms with van der Waals surface area (Å²) in [5.74, 6) is 0.686. The van der Waals surface area contributed by atoms with E-state index < -0.39 is 10.0 Å². The molecule has 1 atom stereocenters. The fraction of sp³-hybridized carbons (Fsp3) is 0.240. The number of para-hydroxylation sites is 1. The van der Waals surface area contributed by atoms with Crippen molar-refractivity contribution >= 4 is 21.6 Å². The monoisotopic (exact) mass is 450 g/mol. The summed E-state index contributed by atoms with van der Waals surface area (Å²) in [5, 5.41) is 0. The number of carbonyl (C=O) groups is 1. The minimum absolute atomic E-state index is 0.000953. The molecule has 4 rings (SSSR count). The number of amides is 1. The highest BCUT2D eigenvalue weighted by Crippen LogP contribution is 2.34. The third-order valence-corrected chi connectivity index (χ3v) is 7.69. The predicted molar refractivity (Wildman–Crippen MR) is 124 cm³/mol. The highest BCUT2D eigenvalue weighted by molar-refractivity contribution is 7.92. The van der Waals surface area contributed by atoms with E-state index in [2.05, 4.69) is 0 Å². The van der Waals surface area contributed by atoms with E-state index in [9.17, 15) is 13.2 Å². The maximum absolute atomic E-state index is 13.2. The van der Waals surface area contributed by atoms with Gasteiger partial charge in [0, 0.05) is 19.2 Å². The molecular weight excluding hydrogens is 424 g/mol. The van der Waals surface area contributed by atoms with E-state index in [0.717, 1.165) is 24.2 Å². The molecule has 1 heterocycles. The van der Waals surface area contributed by atoms with Crippen LogP contribution < -0.4 is 9.04 Å². The lowest BCUT2D eigenvalue weighted by molar-refractivity contribution is 0.0735. The molecule has 6 nitrogen and oxygen atoms in total. The Hall–Kier alpha value is -3.32. The van der Waals surface area contributed by atoms with E-state index in [4.69, 9.17) is 4.74 Å². The van der Waals surface area contributed by atoms with Crippen LogP contribution in [0.2, 0.25) is 0 Å². The minimum Gasteiger partial charge on any atom is -0.497 e. The van der Waals surface area contributed by atoms with Crippen LogP contribution in [0.5, 0.6) is 5.75 Å². The van der Waals surface area contributed by atoms with Crippen LogP contribution in [0.15, 0.2) is 83.8 Å². The van der Waals surface area contributed by atoms with Gasteiger partial charge in [0.25, 0.3) is 15.9 Å². The lowest BCUT2D eigenvalue weighted by atomic mass is 10.0. The maximum atomic E-state index is 13.2. The molecule has 0 saturated carbocycles. The molecule has 0 N–H and O–H groups in total. The Balaban J connectivity index is 1.53. The lowest BCUT2D eigenvalue weighted by Gasteiger charge is -2.25. The van der Waals surface area contributed by atoms with E-state index in [1.54, 1.807) is 43.5 Å². The molecule has 32 heavy (non-hydrogen) atoms. The summed E-state index contributed by atoms with van der Waals surface area (Å²) in [7, 11) is -0.569. The largest absolute Gasteiger partial charge is 0.497 e. The molecule has 7 heteroatoms. The number of likely N-dealkylation sites (tertiary alicyclic amines) is 1. The maximum Gasteiger partial charge on any atom is 0.264 e. The average Bonchev–Trinajstić information content (AvgIpc) is 3.33. The van der Waals surface area contributed by atoms with E-state index in [-0.39, 0.29) is 16.8 Å². The number of carbonyl (C=O) groups excluding carboxylic acids is 1. The van der Waals surface area contributed by atoms with Gasteiger partial charge in [-0.15, -0.1) is 0 Å². The molecular formula is C25H26N2O4S. The number of ether oxygens (including phenoxy) is 1. The van der Waals surface area contributed by atoms with E-state index in [1.807, 2.05) is 35.2 Å². The quantitative estimate of drug-likeness (QED) is 0.555. The first-order valence-electron chi connectivity index (χ1n) is 10.5. The van der Waals surface area contributed by atoms with Crippen LogP contribution in [0.3, 0.4) is 0 Å². The molecule has 0 radical (unpaired) electrons. The van der Waals surface area contributed by atoms with Gasteiger partial charge in [0.1, 0.15) is 5.75 Å². The Labute approximate surface area is 189 Å². The molecule has 1 aliphatic heterocycles. The first-order chi connectivity index (χ1) is 15.4.